The summed E-state index contributed by atoms with van der Waals surface area (Å²) in [7, 11) is 0. The SMILES string of the molecule is Cc1n[nH]c(C)c1-c1ccc(NC(=O)[C@@H](NC(=O)c2cnnn2C(C)C)C(C2CCC2)C2CCC2)cc1. The standard InChI is InChI=1S/C28H37N7O2/c1-16(2)35-23(15-29-34-35)27(36)31-26(25(19-7-5-8-19)20-9-6-10-20)28(37)30-22-13-11-21(12-14-22)24-17(3)32-33-18(24)4/h11-16,19-20,25-26H,5-10H2,1-4H3,(H,30,37)(H,31,36)(H,32,33)/t26-/m0/s1. The Hall–Kier alpha value is -3.49. The van der Waals surface area contributed by atoms with Gasteiger partial charge in [0, 0.05) is 23.0 Å². The molecule has 0 saturated heterocycles. The smallest absolute Gasteiger partial charge is 0.271 e. The zero-order valence-corrected chi connectivity index (χ0v) is 22.1. The molecule has 9 nitrogen and oxygen atoms in total. The fourth-order valence-corrected chi connectivity index (χ4v) is 5.83. The van der Waals surface area contributed by atoms with E-state index in [2.05, 4.69) is 31.1 Å². The lowest BCUT2D eigenvalue weighted by Crippen LogP contribution is -2.54. The molecule has 0 aliphatic heterocycles. The molecule has 2 aliphatic carbocycles. The third-order valence-corrected chi connectivity index (χ3v) is 8.21. The predicted molar refractivity (Wildman–Crippen MR) is 142 cm³/mol. The second-order valence-corrected chi connectivity index (χ2v) is 10.9. The number of amides is 2. The van der Waals surface area contributed by atoms with Crippen LogP contribution in [0.1, 0.15) is 80.3 Å². The fourth-order valence-electron chi connectivity index (χ4n) is 5.83. The largest absolute Gasteiger partial charge is 0.339 e. The molecule has 196 valence electrons. The summed E-state index contributed by atoms with van der Waals surface area (Å²) in [6.45, 7) is 7.89. The van der Waals surface area contributed by atoms with Crippen LogP contribution in [0.15, 0.2) is 30.5 Å². The normalized spacial score (nSPS) is 16.9. The summed E-state index contributed by atoms with van der Waals surface area (Å²) >= 11 is 0. The average molecular weight is 504 g/mol. The molecule has 3 aromatic rings. The summed E-state index contributed by atoms with van der Waals surface area (Å²) in [6.07, 6.45) is 8.32. The number of aryl methyl sites for hydroxylation is 2. The van der Waals surface area contributed by atoms with Crippen LogP contribution < -0.4 is 10.6 Å². The van der Waals surface area contributed by atoms with E-state index in [0.29, 0.717) is 23.2 Å². The summed E-state index contributed by atoms with van der Waals surface area (Å²) in [4.78, 5) is 27.2. The highest BCUT2D eigenvalue weighted by Crippen LogP contribution is 2.46. The lowest BCUT2D eigenvalue weighted by Gasteiger charge is -2.46. The Labute approximate surface area is 217 Å². The number of carbonyl (C=O) groups excluding carboxylic acids is 2. The van der Waals surface area contributed by atoms with Gasteiger partial charge in [-0.2, -0.15) is 5.10 Å². The maximum atomic E-state index is 13.8. The number of rotatable bonds is 9. The van der Waals surface area contributed by atoms with Gasteiger partial charge in [0.15, 0.2) is 0 Å². The lowest BCUT2D eigenvalue weighted by atomic mass is 9.62. The Morgan fingerprint density at radius 1 is 1.03 bits per heavy atom. The second kappa shape index (κ2) is 10.5. The molecule has 9 heteroatoms. The maximum Gasteiger partial charge on any atom is 0.271 e. The molecular weight excluding hydrogens is 466 g/mol. The van der Waals surface area contributed by atoms with E-state index in [0.717, 1.165) is 48.2 Å². The van der Waals surface area contributed by atoms with Crippen LogP contribution in [0.3, 0.4) is 0 Å². The van der Waals surface area contributed by atoms with Crippen LogP contribution >= 0.6 is 0 Å². The van der Waals surface area contributed by atoms with Crippen LogP contribution in [0.2, 0.25) is 0 Å². The number of hydrogen-bond donors (Lipinski definition) is 3. The molecule has 2 heterocycles. The van der Waals surface area contributed by atoms with Crippen molar-refractivity contribution in [2.75, 3.05) is 5.32 Å². The molecule has 1 atom stereocenters. The molecule has 2 amide bonds. The number of nitrogens with zero attached hydrogens (tertiary/aromatic N) is 4. The molecular formula is C28H37N7O2. The van der Waals surface area contributed by atoms with Crippen molar-refractivity contribution in [1.29, 1.82) is 0 Å². The fraction of sp³-hybridized carbons (Fsp3) is 0.536. The molecule has 2 aliphatic rings. The summed E-state index contributed by atoms with van der Waals surface area (Å²) in [5, 5.41) is 21.5. The van der Waals surface area contributed by atoms with Crippen molar-refractivity contribution < 1.29 is 9.59 Å². The first-order chi connectivity index (χ1) is 17.8. The number of H-pyrrole nitrogens is 1. The minimum Gasteiger partial charge on any atom is -0.339 e. The zero-order chi connectivity index (χ0) is 26.1. The Morgan fingerprint density at radius 2 is 1.68 bits per heavy atom. The van der Waals surface area contributed by atoms with Crippen molar-refractivity contribution in [3.8, 4) is 11.1 Å². The van der Waals surface area contributed by atoms with Crippen molar-refractivity contribution in [3.63, 3.8) is 0 Å². The van der Waals surface area contributed by atoms with E-state index < -0.39 is 6.04 Å². The van der Waals surface area contributed by atoms with Crippen LogP contribution in [0.5, 0.6) is 0 Å². The zero-order valence-electron chi connectivity index (χ0n) is 22.1. The highest BCUT2D eigenvalue weighted by molar-refractivity contribution is 6.00. The average Bonchev–Trinajstić information content (AvgIpc) is 3.42. The first-order valence-electron chi connectivity index (χ1n) is 13.5. The van der Waals surface area contributed by atoms with Crippen LogP contribution in [0.25, 0.3) is 11.1 Å². The van der Waals surface area contributed by atoms with Gasteiger partial charge in [-0.3, -0.25) is 14.7 Å². The van der Waals surface area contributed by atoms with Gasteiger partial charge in [-0.1, -0.05) is 55.9 Å². The molecule has 0 radical (unpaired) electrons. The quantitative estimate of drug-likeness (QED) is 0.387. The van der Waals surface area contributed by atoms with Gasteiger partial charge in [0.05, 0.1) is 11.9 Å². The highest BCUT2D eigenvalue weighted by atomic mass is 16.2. The van der Waals surface area contributed by atoms with Gasteiger partial charge in [0.25, 0.3) is 5.91 Å². The lowest BCUT2D eigenvalue weighted by molar-refractivity contribution is -0.121. The van der Waals surface area contributed by atoms with Gasteiger partial charge in [-0.05, 0) is 63.1 Å². The van der Waals surface area contributed by atoms with Gasteiger partial charge in [-0.25, -0.2) is 4.68 Å². The van der Waals surface area contributed by atoms with Crippen molar-refractivity contribution >= 4 is 17.5 Å². The van der Waals surface area contributed by atoms with Crippen molar-refractivity contribution in [1.82, 2.24) is 30.5 Å². The molecule has 2 aromatic heterocycles. The van der Waals surface area contributed by atoms with Crippen LogP contribution in [0, 0.1) is 31.6 Å². The predicted octanol–water partition coefficient (Wildman–Crippen LogP) is 4.82. The number of anilines is 1. The Kier molecular flexibility index (Phi) is 7.13. The molecule has 2 fully saturated rings. The number of aromatic amines is 1. The number of benzene rings is 1. The topological polar surface area (TPSA) is 118 Å². The first kappa shape index (κ1) is 25.2. The molecule has 37 heavy (non-hydrogen) atoms. The Bertz CT molecular complexity index is 1220. The highest BCUT2D eigenvalue weighted by Gasteiger charge is 2.44. The van der Waals surface area contributed by atoms with E-state index in [1.165, 1.54) is 19.0 Å². The molecule has 3 N–H and O–H groups in total. The molecule has 0 spiro atoms. The molecule has 1 aromatic carbocycles. The van der Waals surface area contributed by atoms with Crippen LogP contribution in [-0.2, 0) is 4.79 Å². The monoisotopic (exact) mass is 503 g/mol. The number of carbonyl (C=O) groups is 2. The number of aromatic nitrogens is 5. The molecule has 5 rings (SSSR count). The van der Waals surface area contributed by atoms with Crippen LogP contribution in [0.4, 0.5) is 5.69 Å². The molecule has 0 unspecified atom stereocenters. The van der Waals surface area contributed by atoms with Gasteiger partial charge in [-0.15, -0.1) is 5.10 Å². The van der Waals surface area contributed by atoms with Gasteiger partial charge < -0.3 is 10.6 Å². The van der Waals surface area contributed by atoms with Crippen molar-refractivity contribution in [2.45, 2.75) is 78.3 Å². The van der Waals surface area contributed by atoms with E-state index in [9.17, 15) is 9.59 Å². The minimum atomic E-state index is -0.614. The molecule has 2 saturated carbocycles. The molecule has 0 bridgehead atoms. The summed E-state index contributed by atoms with van der Waals surface area (Å²) in [5.41, 5.74) is 5.16. The minimum absolute atomic E-state index is 0.00870. The third-order valence-electron chi connectivity index (χ3n) is 8.21. The van der Waals surface area contributed by atoms with E-state index in [-0.39, 0.29) is 23.8 Å². The number of hydrogen-bond acceptors (Lipinski definition) is 5. The summed E-state index contributed by atoms with van der Waals surface area (Å²) in [5.74, 6) is 0.589. The van der Waals surface area contributed by atoms with E-state index in [1.54, 1.807) is 4.68 Å². The van der Waals surface area contributed by atoms with Crippen LogP contribution in [-0.4, -0.2) is 43.0 Å². The summed E-state index contributed by atoms with van der Waals surface area (Å²) < 4.78 is 1.60. The maximum absolute atomic E-state index is 13.8. The third kappa shape index (κ3) is 5.04. The Balaban J connectivity index is 1.39. The summed E-state index contributed by atoms with van der Waals surface area (Å²) in [6, 6.07) is 7.20. The van der Waals surface area contributed by atoms with E-state index in [1.807, 2.05) is 52.0 Å². The Morgan fingerprint density at radius 3 is 2.19 bits per heavy atom. The van der Waals surface area contributed by atoms with Crippen molar-refractivity contribution in [3.05, 3.63) is 47.5 Å². The van der Waals surface area contributed by atoms with E-state index in [4.69, 9.17) is 0 Å². The van der Waals surface area contributed by atoms with Gasteiger partial charge in [0.1, 0.15) is 11.7 Å². The second-order valence-electron chi connectivity index (χ2n) is 10.9. The van der Waals surface area contributed by atoms with Gasteiger partial charge in [0.2, 0.25) is 5.91 Å². The van der Waals surface area contributed by atoms with Gasteiger partial charge >= 0.3 is 0 Å². The van der Waals surface area contributed by atoms with E-state index >= 15 is 0 Å². The number of nitrogens with one attached hydrogen (secondary N) is 3. The first-order valence-corrected chi connectivity index (χ1v) is 13.5. The van der Waals surface area contributed by atoms with Crippen molar-refractivity contribution in [2.24, 2.45) is 17.8 Å².